The molecule has 2 heterocycles. The molecular weight excluding hydrogens is 250 g/mol. The molecule has 5 nitrogen and oxygen atoms in total. The second kappa shape index (κ2) is 6.26. The van der Waals surface area contributed by atoms with Crippen molar-refractivity contribution in [3.05, 3.63) is 11.1 Å². The van der Waals surface area contributed by atoms with Crippen molar-refractivity contribution in [3.8, 4) is 0 Å². The summed E-state index contributed by atoms with van der Waals surface area (Å²) in [5, 5.41) is 14.4. The first kappa shape index (κ1) is 13.5. The van der Waals surface area contributed by atoms with Gasteiger partial charge in [0.15, 0.2) is 5.13 Å². The maximum Gasteiger partial charge on any atom is 0.223 e. The molecule has 0 spiro atoms. The Balaban J connectivity index is 1.83. The number of anilines is 1. The van der Waals surface area contributed by atoms with Gasteiger partial charge in [-0.3, -0.25) is 9.69 Å². The Labute approximate surface area is 111 Å². The number of likely N-dealkylation sites (tertiary alicyclic amines) is 1. The van der Waals surface area contributed by atoms with Crippen molar-refractivity contribution in [3.63, 3.8) is 0 Å². The first-order chi connectivity index (χ1) is 8.67. The van der Waals surface area contributed by atoms with Crippen LogP contribution in [0.15, 0.2) is 5.38 Å². The maximum atomic E-state index is 10.9. The van der Waals surface area contributed by atoms with Gasteiger partial charge in [0.25, 0.3) is 0 Å². The first-order valence-electron chi connectivity index (χ1n) is 6.22. The molecule has 1 aliphatic heterocycles. The minimum absolute atomic E-state index is 0.0836. The molecule has 0 unspecified atom stereocenters. The number of nitrogens with one attached hydrogen (secondary N) is 1. The van der Waals surface area contributed by atoms with Crippen LogP contribution in [-0.2, 0) is 11.3 Å². The smallest absolute Gasteiger partial charge is 0.223 e. The van der Waals surface area contributed by atoms with E-state index in [1.807, 2.05) is 5.38 Å². The first-order valence-corrected chi connectivity index (χ1v) is 7.10. The molecule has 18 heavy (non-hydrogen) atoms. The van der Waals surface area contributed by atoms with Crippen LogP contribution in [0.2, 0.25) is 0 Å². The summed E-state index contributed by atoms with van der Waals surface area (Å²) in [7, 11) is 0. The van der Waals surface area contributed by atoms with Gasteiger partial charge in [0.05, 0.1) is 5.69 Å². The monoisotopic (exact) mass is 269 g/mol. The zero-order valence-corrected chi connectivity index (χ0v) is 11.4. The van der Waals surface area contributed by atoms with Crippen molar-refractivity contribution in [1.82, 2.24) is 9.88 Å². The topological polar surface area (TPSA) is 65.5 Å². The van der Waals surface area contributed by atoms with Gasteiger partial charge in [-0.2, -0.15) is 0 Å². The van der Waals surface area contributed by atoms with Crippen molar-refractivity contribution in [1.29, 1.82) is 0 Å². The summed E-state index contributed by atoms with van der Waals surface area (Å²) in [4.78, 5) is 17.6. The number of carbonyl (C=O) groups excluding carboxylic acids is 1. The average molecular weight is 269 g/mol. The molecule has 6 heteroatoms. The number of carbonyl (C=O) groups is 1. The van der Waals surface area contributed by atoms with Crippen molar-refractivity contribution >= 4 is 22.4 Å². The van der Waals surface area contributed by atoms with E-state index in [9.17, 15) is 4.79 Å². The van der Waals surface area contributed by atoms with E-state index in [0.717, 1.165) is 38.2 Å². The van der Waals surface area contributed by atoms with Gasteiger partial charge in [0, 0.05) is 25.5 Å². The molecule has 0 atom stereocenters. The largest absolute Gasteiger partial charge is 0.396 e. The highest BCUT2D eigenvalue weighted by Crippen LogP contribution is 2.20. The van der Waals surface area contributed by atoms with Gasteiger partial charge in [0.2, 0.25) is 5.91 Å². The number of thiazole rings is 1. The van der Waals surface area contributed by atoms with Gasteiger partial charge < -0.3 is 10.4 Å². The van der Waals surface area contributed by atoms with E-state index in [-0.39, 0.29) is 5.91 Å². The number of aliphatic hydroxyl groups is 1. The van der Waals surface area contributed by atoms with Crippen molar-refractivity contribution in [2.24, 2.45) is 5.92 Å². The minimum Gasteiger partial charge on any atom is -0.396 e. The molecule has 1 aromatic heterocycles. The van der Waals surface area contributed by atoms with E-state index in [2.05, 4.69) is 15.2 Å². The molecule has 1 fully saturated rings. The Morgan fingerprint density at radius 1 is 1.61 bits per heavy atom. The zero-order valence-electron chi connectivity index (χ0n) is 10.6. The number of amides is 1. The van der Waals surface area contributed by atoms with Crippen LogP contribution in [0.3, 0.4) is 0 Å². The normalized spacial score (nSPS) is 17.9. The standard InChI is InChI=1S/C12H19N3O2S/c1-9(17)13-12-14-11(8-18-12)6-15-4-2-10(7-16)3-5-15/h8,10,16H,2-7H2,1H3,(H,13,14,17). The van der Waals surface area contributed by atoms with Gasteiger partial charge >= 0.3 is 0 Å². The lowest BCUT2D eigenvalue weighted by Crippen LogP contribution is -2.34. The average Bonchev–Trinajstić information content (AvgIpc) is 2.76. The number of aliphatic hydroxyl groups excluding tert-OH is 1. The van der Waals surface area contributed by atoms with E-state index in [4.69, 9.17) is 5.11 Å². The third-order valence-corrected chi connectivity index (χ3v) is 3.99. The summed E-state index contributed by atoms with van der Waals surface area (Å²) in [6.07, 6.45) is 2.11. The number of aromatic nitrogens is 1. The minimum atomic E-state index is -0.0836. The van der Waals surface area contributed by atoms with Gasteiger partial charge in [-0.1, -0.05) is 0 Å². The summed E-state index contributed by atoms with van der Waals surface area (Å²) in [5.41, 5.74) is 1.01. The molecule has 0 aromatic carbocycles. The Kier molecular flexibility index (Phi) is 4.68. The molecule has 0 bridgehead atoms. The molecule has 1 saturated heterocycles. The van der Waals surface area contributed by atoms with E-state index < -0.39 is 0 Å². The van der Waals surface area contributed by atoms with Crippen molar-refractivity contribution in [2.75, 3.05) is 25.0 Å². The van der Waals surface area contributed by atoms with Crippen LogP contribution in [0.25, 0.3) is 0 Å². The number of rotatable bonds is 4. The Hall–Kier alpha value is -0.980. The molecular formula is C12H19N3O2S. The SMILES string of the molecule is CC(=O)Nc1nc(CN2CCC(CO)CC2)cs1. The van der Waals surface area contributed by atoms with Gasteiger partial charge in [0.1, 0.15) is 0 Å². The lowest BCUT2D eigenvalue weighted by molar-refractivity contribution is -0.114. The van der Waals surface area contributed by atoms with Gasteiger partial charge in [-0.15, -0.1) is 11.3 Å². The lowest BCUT2D eigenvalue weighted by atomic mass is 9.98. The maximum absolute atomic E-state index is 10.9. The quantitative estimate of drug-likeness (QED) is 0.865. The second-order valence-electron chi connectivity index (χ2n) is 4.73. The predicted molar refractivity (Wildman–Crippen MR) is 71.5 cm³/mol. The van der Waals surface area contributed by atoms with Gasteiger partial charge in [-0.05, 0) is 31.8 Å². The fourth-order valence-electron chi connectivity index (χ4n) is 2.14. The fraction of sp³-hybridized carbons (Fsp3) is 0.667. The Bertz CT molecular complexity index is 400. The highest BCUT2D eigenvalue weighted by molar-refractivity contribution is 7.13. The van der Waals surface area contributed by atoms with E-state index in [1.165, 1.54) is 18.3 Å². The zero-order chi connectivity index (χ0) is 13.0. The summed E-state index contributed by atoms with van der Waals surface area (Å²) < 4.78 is 0. The third kappa shape index (κ3) is 3.76. The lowest BCUT2D eigenvalue weighted by Gasteiger charge is -2.30. The highest BCUT2D eigenvalue weighted by atomic mass is 32.1. The fourth-order valence-corrected chi connectivity index (χ4v) is 2.89. The molecule has 0 radical (unpaired) electrons. The van der Waals surface area contributed by atoms with E-state index in [0.29, 0.717) is 17.7 Å². The van der Waals surface area contributed by atoms with Crippen LogP contribution >= 0.6 is 11.3 Å². The predicted octanol–water partition coefficient (Wildman–Crippen LogP) is 1.31. The molecule has 100 valence electrons. The van der Waals surface area contributed by atoms with E-state index in [1.54, 1.807) is 0 Å². The Morgan fingerprint density at radius 3 is 2.94 bits per heavy atom. The third-order valence-electron chi connectivity index (χ3n) is 3.19. The van der Waals surface area contributed by atoms with Crippen LogP contribution in [-0.4, -0.2) is 40.6 Å². The van der Waals surface area contributed by atoms with Crippen molar-refractivity contribution in [2.45, 2.75) is 26.3 Å². The number of piperidine rings is 1. The molecule has 1 aliphatic rings. The summed E-state index contributed by atoms with van der Waals surface area (Å²) in [5.74, 6) is 0.381. The second-order valence-corrected chi connectivity index (χ2v) is 5.59. The molecule has 0 aliphatic carbocycles. The molecule has 0 saturated carbocycles. The summed E-state index contributed by atoms with van der Waals surface area (Å²) in [6, 6.07) is 0. The van der Waals surface area contributed by atoms with Gasteiger partial charge in [-0.25, -0.2) is 4.98 Å². The highest BCUT2D eigenvalue weighted by Gasteiger charge is 2.19. The molecule has 2 rings (SSSR count). The van der Waals surface area contributed by atoms with Crippen LogP contribution in [0, 0.1) is 5.92 Å². The van der Waals surface area contributed by atoms with Crippen LogP contribution in [0.1, 0.15) is 25.5 Å². The van der Waals surface area contributed by atoms with Crippen LogP contribution in [0.5, 0.6) is 0 Å². The Morgan fingerprint density at radius 2 is 2.33 bits per heavy atom. The summed E-state index contributed by atoms with van der Waals surface area (Å²) in [6.45, 7) is 4.64. The number of hydrogen-bond acceptors (Lipinski definition) is 5. The van der Waals surface area contributed by atoms with Crippen LogP contribution in [0.4, 0.5) is 5.13 Å². The van der Waals surface area contributed by atoms with Crippen LogP contribution < -0.4 is 5.32 Å². The molecule has 2 N–H and O–H groups in total. The van der Waals surface area contributed by atoms with E-state index >= 15 is 0 Å². The number of nitrogens with zero attached hydrogens (tertiary/aromatic N) is 2. The summed E-state index contributed by atoms with van der Waals surface area (Å²) >= 11 is 1.46. The molecule has 1 aromatic rings. The molecule has 1 amide bonds. The van der Waals surface area contributed by atoms with Crippen molar-refractivity contribution < 1.29 is 9.90 Å². The number of hydrogen-bond donors (Lipinski definition) is 2.